The van der Waals surface area contributed by atoms with Gasteiger partial charge in [0.05, 0.1) is 19.3 Å². The molecule has 2 rings (SSSR count). The standard InChI is InChI=1S/C10H17NO4/c12-7-8-6-11(3-5-14-8)10(13)9-2-1-4-15-9/h8-9,12H,1-7H2/t8?,9-/m1/s1. The average molecular weight is 215 g/mol. The first kappa shape index (κ1) is 10.9. The minimum Gasteiger partial charge on any atom is -0.394 e. The molecule has 1 unspecified atom stereocenters. The van der Waals surface area contributed by atoms with Crippen molar-refractivity contribution in [1.82, 2.24) is 4.90 Å². The van der Waals surface area contributed by atoms with Gasteiger partial charge in [-0.05, 0) is 12.8 Å². The Bertz CT molecular complexity index is 227. The molecule has 0 aromatic heterocycles. The lowest BCUT2D eigenvalue weighted by Gasteiger charge is -2.33. The fourth-order valence-corrected chi connectivity index (χ4v) is 2.01. The number of morpholine rings is 1. The molecule has 0 aromatic rings. The zero-order valence-electron chi connectivity index (χ0n) is 8.72. The average Bonchev–Trinajstić information content (AvgIpc) is 2.81. The van der Waals surface area contributed by atoms with Crippen molar-refractivity contribution in [1.29, 1.82) is 0 Å². The van der Waals surface area contributed by atoms with Crippen LogP contribution in [0.1, 0.15) is 12.8 Å². The molecule has 0 radical (unpaired) electrons. The minimum absolute atomic E-state index is 0.0324. The molecule has 15 heavy (non-hydrogen) atoms. The summed E-state index contributed by atoms with van der Waals surface area (Å²) in [6, 6.07) is 0. The van der Waals surface area contributed by atoms with Crippen molar-refractivity contribution in [3.8, 4) is 0 Å². The van der Waals surface area contributed by atoms with Gasteiger partial charge >= 0.3 is 0 Å². The summed E-state index contributed by atoms with van der Waals surface area (Å²) >= 11 is 0. The third-order valence-electron chi connectivity index (χ3n) is 2.86. The van der Waals surface area contributed by atoms with Crippen LogP contribution in [0.3, 0.4) is 0 Å². The normalized spacial score (nSPS) is 31.9. The van der Waals surface area contributed by atoms with E-state index in [2.05, 4.69) is 0 Å². The summed E-state index contributed by atoms with van der Waals surface area (Å²) < 4.78 is 10.6. The van der Waals surface area contributed by atoms with Gasteiger partial charge in [-0.2, -0.15) is 0 Å². The molecule has 0 bridgehead atoms. The van der Waals surface area contributed by atoms with Crippen LogP contribution in [0.2, 0.25) is 0 Å². The van der Waals surface area contributed by atoms with E-state index in [1.165, 1.54) is 0 Å². The number of nitrogens with zero attached hydrogens (tertiary/aromatic N) is 1. The third kappa shape index (κ3) is 2.48. The smallest absolute Gasteiger partial charge is 0.251 e. The van der Waals surface area contributed by atoms with E-state index in [1.807, 2.05) is 0 Å². The monoisotopic (exact) mass is 215 g/mol. The number of rotatable bonds is 2. The Labute approximate surface area is 89.0 Å². The molecule has 0 saturated carbocycles. The number of ether oxygens (including phenoxy) is 2. The molecule has 0 aromatic carbocycles. The summed E-state index contributed by atoms with van der Waals surface area (Å²) in [5.41, 5.74) is 0. The number of hydrogen-bond acceptors (Lipinski definition) is 4. The van der Waals surface area contributed by atoms with Gasteiger partial charge in [-0.3, -0.25) is 4.79 Å². The molecule has 1 amide bonds. The summed E-state index contributed by atoms with van der Waals surface area (Å²) in [6.45, 7) is 2.24. The molecule has 2 fully saturated rings. The summed E-state index contributed by atoms with van der Waals surface area (Å²) in [4.78, 5) is 13.7. The Hall–Kier alpha value is -0.650. The van der Waals surface area contributed by atoms with Crippen LogP contribution in [-0.2, 0) is 14.3 Å². The fourth-order valence-electron chi connectivity index (χ4n) is 2.01. The van der Waals surface area contributed by atoms with Crippen LogP contribution in [0.5, 0.6) is 0 Å². The molecule has 1 N–H and O–H groups in total. The van der Waals surface area contributed by atoms with Crippen LogP contribution in [0, 0.1) is 0 Å². The van der Waals surface area contributed by atoms with Crippen LogP contribution in [0.15, 0.2) is 0 Å². The summed E-state index contributed by atoms with van der Waals surface area (Å²) in [6.07, 6.45) is 1.29. The van der Waals surface area contributed by atoms with Crippen LogP contribution >= 0.6 is 0 Å². The fraction of sp³-hybridized carbons (Fsp3) is 0.900. The number of carbonyl (C=O) groups excluding carboxylic acids is 1. The van der Waals surface area contributed by atoms with Crippen LogP contribution in [-0.4, -0.2) is 61.0 Å². The molecule has 2 heterocycles. The predicted octanol–water partition coefficient (Wildman–Crippen LogP) is -0.615. The highest BCUT2D eigenvalue weighted by atomic mass is 16.5. The van der Waals surface area contributed by atoms with Crippen molar-refractivity contribution < 1.29 is 19.4 Å². The van der Waals surface area contributed by atoms with Gasteiger partial charge in [0.25, 0.3) is 5.91 Å². The number of hydrogen-bond donors (Lipinski definition) is 1. The molecular weight excluding hydrogens is 198 g/mol. The van der Waals surface area contributed by atoms with E-state index in [-0.39, 0.29) is 24.7 Å². The van der Waals surface area contributed by atoms with E-state index < -0.39 is 0 Å². The second-order valence-corrected chi connectivity index (χ2v) is 3.96. The lowest BCUT2D eigenvalue weighted by Crippen LogP contribution is -2.50. The molecule has 2 atom stereocenters. The van der Waals surface area contributed by atoms with Gasteiger partial charge in [0.1, 0.15) is 6.10 Å². The lowest BCUT2D eigenvalue weighted by atomic mass is 10.2. The number of aliphatic hydroxyl groups excluding tert-OH is 1. The largest absolute Gasteiger partial charge is 0.394 e. The van der Waals surface area contributed by atoms with Crippen molar-refractivity contribution in [2.24, 2.45) is 0 Å². The Kier molecular flexibility index (Phi) is 3.56. The van der Waals surface area contributed by atoms with E-state index in [1.54, 1.807) is 4.90 Å². The molecule has 86 valence electrons. The van der Waals surface area contributed by atoms with Gasteiger partial charge in [-0.25, -0.2) is 0 Å². The molecule has 5 heteroatoms. The molecule has 0 spiro atoms. The second kappa shape index (κ2) is 4.92. The van der Waals surface area contributed by atoms with Crippen LogP contribution < -0.4 is 0 Å². The number of aliphatic hydroxyl groups is 1. The first-order valence-corrected chi connectivity index (χ1v) is 5.44. The van der Waals surface area contributed by atoms with E-state index in [4.69, 9.17) is 14.6 Å². The zero-order chi connectivity index (χ0) is 10.7. The van der Waals surface area contributed by atoms with Gasteiger partial charge < -0.3 is 19.5 Å². The maximum Gasteiger partial charge on any atom is 0.251 e. The van der Waals surface area contributed by atoms with E-state index in [9.17, 15) is 4.79 Å². The highest BCUT2D eigenvalue weighted by Gasteiger charge is 2.31. The zero-order valence-corrected chi connectivity index (χ0v) is 8.72. The van der Waals surface area contributed by atoms with E-state index in [0.717, 1.165) is 12.8 Å². The van der Waals surface area contributed by atoms with Crippen molar-refractivity contribution in [2.75, 3.05) is 32.9 Å². The first-order chi connectivity index (χ1) is 7.31. The Morgan fingerprint density at radius 3 is 2.93 bits per heavy atom. The van der Waals surface area contributed by atoms with Crippen LogP contribution in [0.25, 0.3) is 0 Å². The Morgan fingerprint density at radius 1 is 1.40 bits per heavy atom. The van der Waals surface area contributed by atoms with Crippen molar-refractivity contribution in [3.63, 3.8) is 0 Å². The van der Waals surface area contributed by atoms with Crippen molar-refractivity contribution in [2.45, 2.75) is 25.0 Å². The maximum atomic E-state index is 11.9. The van der Waals surface area contributed by atoms with Crippen LogP contribution in [0.4, 0.5) is 0 Å². The number of amides is 1. The summed E-state index contributed by atoms with van der Waals surface area (Å²) in [7, 11) is 0. The predicted molar refractivity (Wildman–Crippen MR) is 52.4 cm³/mol. The second-order valence-electron chi connectivity index (χ2n) is 3.96. The third-order valence-corrected chi connectivity index (χ3v) is 2.86. The van der Waals surface area contributed by atoms with Crippen molar-refractivity contribution >= 4 is 5.91 Å². The highest BCUT2D eigenvalue weighted by molar-refractivity contribution is 5.81. The summed E-state index contributed by atoms with van der Waals surface area (Å²) in [5.74, 6) is 0.0502. The van der Waals surface area contributed by atoms with Gasteiger partial charge in [-0.1, -0.05) is 0 Å². The molecule has 5 nitrogen and oxygen atoms in total. The SMILES string of the molecule is O=C([C@H]1CCCO1)N1CCOC(CO)C1. The van der Waals surface area contributed by atoms with Gasteiger partial charge in [-0.15, -0.1) is 0 Å². The molecule has 2 aliphatic heterocycles. The van der Waals surface area contributed by atoms with E-state index >= 15 is 0 Å². The van der Waals surface area contributed by atoms with Gasteiger partial charge in [0, 0.05) is 19.7 Å². The Balaban J connectivity index is 1.88. The Morgan fingerprint density at radius 2 is 2.27 bits per heavy atom. The van der Waals surface area contributed by atoms with Gasteiger partial charge in [0.15, 0.2) is 0 Å². The molecular formula is C10H17NO4. The topological polar surface area (TPSA) is 59.0 Å². The first-order valence-electron chi connectivity index (χ1n) is 5.44. The minimum atomic E-state index is -0.262. The number of carbonyl (C=O) groups is 1. The quantitative estimate of drug-likeness (QED) is 0.667. The van der Waals surface area contributed by atoms with E-state index in [0.29, 0.717) is 26.3 Å². The molecule has 2 aliphatic rings. The summed E-state index contributed by atoms with van der Waals surface area (Å²) in [5, 5.41) is 8.96. The maximum absolute atomic E-state index is 11.9. The van der Waals surface area contributed by atoms with Gasteiger partial charge in [0.2, 0.25) is 0 Å². The molecule has 0 aliphatic carbocycles. The molecule has 2 saturated heterocycles. The van der Waals surface area contributed by atoms with Crippen molar-refractivity contribution in [3.05, 3.63) is 0 Å². The lowest BCUT2D eigenvalue weighted by molar-refractivity contribution is -0.149. The highest BCUT2D eigenvalue weighted by Crippen LogP contribution is 2.16.